The SMILES string of the molecule is CC=C(C)C/C=C1\C(C)=CCCC1(C)C. The number of hydrogen-bond acceptors (Lipinski definition) is 0. The predicted molar refractivity (Wildman–Crippen MR) is 68.9 cm³/mol. The van der Waals surface area contributed by atoms with Crippen molar-refractivity contribution in [3.63, 3.8) is 0 Å². The highest BCUT2D eigenvalue weighted by Gasteiger charge is 2.26. The molecule has 0 heterocycles. The van der Waals surface area contributed by atoms with E-state index in [0.29, 0.717) is 5.41 Å². The maximum absolute atomic E-state index is 2.42. The van der Waals surface area contributed by atoms with Gasteiger partial charge >= 0.3 is 0 Å². The molecule has 0 aromatic carbocycles. The quantitative estimate of drug-likeness (QED) is 0.553. The van der Waals surface area contributed by atoms with E-state index in [1.54, 1.807) is 5.57 Å². The summed E-state index contributed by atoms with van der Waals surface area (Å²) >= 11 is 0. The van der Waals surface area contributed by atoms with Gasteiger partial charge in [-0.1, -0.05) is 43.2 Å². The Morgan fingerprint density at radius 1 is 1.47 bits per heavy atom. The van der Waals surface area contributed by atoms with E-state index in [0.717, 1.165) is 6.42 Å². The fourth-order valence-electron chi connectivity index (χ4n) is 2.25. The van der Waals surface area contributed by atoms with Gasteiger partial charge in [0.1, 0.15) is 0 Å². The van der Waals surface area contributed by atoms with Gasteiger partial charge in [-0.2, -0.15) is 0 Å². The van der Waals surface area contributed by atoms with Crippen molar-refractivity contribution in [2.45, 2.75) is 53.9 Å². The number of rotatable bonds is 2. The van der Waals surface area contributed by atoms with Crippen LogP contribution in [0.25, 0.3) is 0 Å². The molecule has 1 aliphatic carbocycles. The van der Waals surface area contributed by atoms with E-state index in [2.05, 4.69) is 52.8 Å². The van der Waals surface area contributed by atoms with Gasteiger partial charge in [-0.25, -0.2) is 0 Å². The van der Waals surface area contributed by atoms with E-state index >= 15 is 0 Å². The Labute approximate surface area is 94.8 Å². The van der Waals surface area contributed by atoms with Crippen LogP contribution in [-0.2, 0) is 0 Å². The molecule has 0 aromatic heterocycles. The van der Waals surface area contributed by atoms with Gasteiger partial charge in [-0.15, -0.1) is 0 Å². The first kappa shape index (κ1) is 12.3. The van der Waals surface area contributed by atoms with Gasteiger partial charge in [0.05, 0.1) is 0 Å². The average Bonchev–Trinajstić information content (AvgIpc) is 2.15. The van der Waals surface area contributed by atoms with Crippen molar-refractivity contribution >= 4 is 0 Å². The highest BCUT2D eigenvalue weighted by atomic mass is 14.3. The second-order valence-electron chi connectivity index (χ2n) is 5.27. The summed E-state index contributed by atoms with van der Waals surface area (Å²) in [6, 6.07) is 0. The summed E-state index contributed by atoms with van der Waals surface area (Å²) in [6.45, 7) is 11.3. The lowest BCUT2D eigenvalue weighted by molar-refractivity contribution is 0.403. The van der Waals surface area contributed by atoms with Crippen molar-refractivity contribution in [3.05, 3.63) is 34.9 Å². The first-order valence-corrected chi connectivity index (χ1v) is 5.97. The van der Waals surface area contributed by atoms with Gasteiger partial charge in [0.15, 0.2) is 0 Å². The molecule has 0 saturated heterocycles. The highest BCUT2D eigenvalue weighted by Crippen LogP contribution is 2.40. The maximum Gasteiger partial charge on any atom is -0.0101 e. The molecular formula is C15H24. The molecule has 0 N–H and O–H groups in total. The molecule has 0 aromatic rings. The Hall–Kier alpha value is -0.780. The van der Waals surface area contributed by atoms with Crippen LogP contribution < -0.4 is 0 Å². The molecule has 0 heteroatoms. The van der Waals surface area contributed by atoms with E-state index in [9.17, 15) is 0 Å². The van der Waals surface area contributed by atoms with Gasteiger partial charge in [0.2, 0.25) is 0 Å². The van der Waals surface area contributed by atoms with Gasteiger partial charge in [-0.05, 0) is 51.0 Å². The van der Waals surface area contributed by atoms with Gasteiger partial charge in [0.25, 0.3) is 0 Å². The molecular weight excluding hydrogens is 180 g/mol. The standard InChI is InChI=1S/C15H24/c1-6-12(2)9-10-14-13(3)8-7-11-15(14,4)5/h6,8,10H,7,9,11H2,1-5H3/b12-6?,14-10+. The Morgan fingerprint density at radius 2 is 2.13 bits per heavy atom. The van der Waals surface area contributed by atoms with Crippen LogP contribution in [-0.4, -0.2) is 0 Å². The van der Waals surface area contributed by atoms with Crippen LogP contribution in [0, 0.1) is 5.41 Å². The minimum absolute atomic E-state index is 0.368. The molecule has 0 radical (unpaired) electrons. The molecule has 0 unspecified atom stereocenters. The second kappa shape index (κ2) is 4.83. The normalized spacial score (nSPS) is 24.2. The lowest BCUT2D eigenvalue weighted by Crippen LogP contribution is -2.18. The summed E-state index contributed by atoms with van der Waals surface area (Å²) in [5, 5.41) is 0. The first-order valence-electron chi connectivity index (χ1n) is 5.97. The Balaban J connectivity index is 2.89. The second-order valence-corrected chi connectivity index (χ2v) is 5.27. The highest BCUT2D eigenvalue weighted by molar-refractivity contribution is 5.37. The molecule has 0 fully saturated rings. The lowest BCUT2D eigenvalue weighted by Gasteiger charge is -2.32. The minimum atomic E-state index is 0.368. The van der Waals surface area contributed by atoms with E-state index in [-0.39, 0.29) is 0 Å². The largest absolute Gasteiger partial charge is 0.0884 e. The average molecular weight is 204 g/mol. The van der Waals surface area contributed by atoms with Crippen LogP contribution in [0.4, 0.5) is 0 Å². The zero-order chi connectivity index (χ0) is 11.5. The lowest BCUT2D eigenvalue weighted by atomic mass is 9.73. The molecule has 1 aliphatic rings. The molecule has 0 atom stereocenters. The zero-order valence-electron chi connectivity index (χ0n) is 10.9. The van der Waals surface area contributed by atoms with Crippen molar-refractivity contribution in [3.8, 4) is 0 Å². The van der Waals surface area contributed by atoms with E-state index in [1.165, 1.54) is 24.0 Å². The third-order valence-corrected chi connectivity index (χ3v) is 3.49. The summed E-state index contributed by atoms with van der Waals surface area (Å²) in [5.41, 5.74) is 4.86. The van der Waals surface area contributed by atoms with Gasteiger partial charge in [0, 0.05) is 0 Å². The maximum atomic E-state index is 2.42. The Kier molecular flexibility index (Phi) is 3.96. The Bertz CT molecular complexity index is 311. The number of allylic oxidation sites excluding steroid dienone is 6. The van der Waals surface area contributed by atoms with Gasteiger partial charge < -0.3 is 0 Å². The molecule has 0 saturated carbocycles. The summed E-state index contributed by atoms with van der Waals surface area (Å²) in [7, 11) is 0. The van der Waals surface area contributed by atoms with Crippen molar-refractivity contribution < 1.29 is 0 Å². The van der Waals surface area contributed by atoms with Crippen LogP contribution in [0.15, 0.2) is 34.9 Å². The molecule has 15 heavy (non-hydrogen) atoms. The van der Waals surface area contributed by atoms with Crippen molar-refractivity contribution in [1.29, 1.82) is 0 Å². The summed E-state index contributed by atoms with van der Waals surface area (Å²) in [5.74, 6) is 0. The summed E-state index contributed by atoms with van der Waals surface area (Å²) in [6.07, 6.45) is 10.6. The summed E-state index contributed by atoms with van der Waals surface area (Å²) < 4.78 is 0. The fourth-order valence-corrected chi connectivity index (χ4v) is 2.25. The topological polar surface area (TPSA) is 0 Å². The first-order chi connectivity index (χ1) is 6.97. The van der Waals surface area contributed by atoms with Crippen LogP contribution in [0.1, 0.15) is 53.9 Å². The smallest absolute Gasteiger partial charge is 0.0101 e. The molecule has 0 aliphatic heterocycles. The fraction of sp³-hybridized carbons (Fsp3) is 0.600. The number of hydrogen-bond donors (Lipinski definition) is 0. The van der Waals surface area contributed by atoms with Gasteiger partial charge in [-0.3, -0.25) is 0 Å². The minimum Gasteiger partial charge on any atom is -0.0884 e. The van der Waals surface area contributed by atoms with Crippen molar-refractivity contribution in [2.24, 2.45) is 5.41 Å². The zero-order valence-corrected chi connectivity index (χ0v) is 10.9. The third-order valence-electron chi connectivity index (χ3n) is 3.49. The molecule has 0 spiro atoms. The van der Waals surface area contributed by atoms with E-state index in [4.69, 9.17) is 0 Å². The molecule has 0 bridgehead atoms. The van der Waals surface area contributed by atoms with Crippen LogP contribution in [0.2, 0.25) is 0 Å². The molecule has 84 valence electrons. The monoisotopic (exact) mass is 204 g/mol. The Morgan fingerprint density at radius 3 is 2.67 bits per heavy atom. The summed E-state index contributed by atoms with van der Waals surface area (Å²) in [4.78, 5) is 0. The molecule has 0 amide bonds. The predicted octanol–water partition coefficient (Wildman–Crippen LogP) is 5.04. The van der Waals surface area contributed by atoms with Crippen molar-refractivity contribution in [1.82, 2.24) is 0 Å². The van der Waals surface area contributed by atoms with Crippen LogP contribution >= 0.6 is 0 Å². The third kappa shape index (κ3) is 3.09. The molecule has 0 nitrogen and oxygen atoms in total. The van der Waals surface area contributed by atoms with Crippen molar-refractivity contribution in [2.75, 3.05) is 0 Å². The van der Waals surface area contributed by atoms with Crippen LogP contribution in [0.5, 0.6) is 0 Å². The van der Waals surface area contributed by atoms with E-state index in [1.807, 2.05) is 0 Å². The van der Waals surface area contributed by atoms with E-state index < -0.39 is 0 Å². The van der Waals surface area contributed by atoms with Crippen LogP contribution in [0.3, 0.4) is 0 Å². The molecule has 1 rings (SSSR count).